The highest BCUT2D eigenvalue weighted by atomic mass is 35.5. The molecule has 2 aromatic rings. The number of halogens is 1. The number of hydrogen-bond donors (Lipinski definition) is 1. The van der Waals surface area contributed by atoms with Crippen LogP contribution in [0.3, 0.4) is 0 Å². The molecule has 2 heterocycles. The van der Waals surface area contributed by atoms with Crippen molar-refractivity contribution in [2.24, 2.45) is 0 Å². The molecule has 0 saturated heterocycles. The first kappa shape index (κ1) is 12.1. The number of nitrogens with one attached hydrogen (secondary N) is 1. The van der Waals surface area contributed by atoms with Gasteiger partial charge in [-0.25, -0.2) is 4.68 Å². The van der Waals surface area contributed by atoms with Gasteiger partial charge in [-0.3, -0.25) is 4.98 Å². The quantitative estimate of drug-likeness (QED) is 0.829. The van der Waals surface area contributed by atoms with Crippen LogP contribution in [0.25, 0.3) is 5.69 Å². The molecule has 2 rings (SSSR count). The molecule has 0 aliphatic heterocycles. The lowest BCUT2D eigenvalue weighted by atomic mass is 10.2. The van der Waals surface area contributed by atoms with Crippen LogP contribution in [0, 0.1) is 0 Å². The zero-order valence-corrected chi connectivity index (χ0v) is 10.5. The summed E-state index contributed by atoms with van der Waals surface area (Å²) < 4.78 is 1.72. The Morgan fingerprint density at radius 2 is 2.24 bits per heavy atom. The maximum absolute atomic E-state index is 5.84. The molecule has 2 aromatic heterocycles. The third-order valence-corrected chi connectivity index (χ3v) is 2.55. The molecule has 0 aliphatic carbocycles. The molecule has 0 unspecified atom stereocenters. The van der Waals surface area contributed by atoms with E-state index >= 15 is 0 Å². The van der Waals surface area contributed by atoms with E-state index in [2.05, 4.69) is 28.4 Å². The Kier molecular flexibility index (Phi) is 4.12. The molecule has 0 radical (unpaired) electrons. The predicted octanol–water partition coefficient (Wildman–Crippen LogP) is 2.42. The van der Waals surface area contributed by atoms with E-state index in [9.17, 15) is 0 Å². The number of hydrogen-bond acceptors (Lipinski definition) is 3. The van der Waals surface area contributed by atoms with E-state index in [-0.39, 0.29) is 0 Å². The second-order valence-electron chi connectivity index (χ2n) is 3.83. The van der Waals surface area contributed by atoms with Crippen molar-refractivity contribution in [2.45, 2.75) is 19.9 Å². The molecule has 5 heteroatoms. The van der Waals surface area contributed by atoms with Gasteiger partial charge >= 0.3 is 0 Å². The van der Waals surface area contributed by atoms with Gasteiger partial charge in [-0.05, 0) is 24.6 Å². The molecular weight excluding hydrogens is 236 g/mol. The van der Waals surface area contributed by atoms with Crippen LogP contribution < -0.4 is 5.32 Å². The van der Waals surface area contributed by atoms with Gasteiger partial charge in [-0.2, -0.15) is 5.10 Å². The van der Waals surface area contributed by atoms with E-state index in [1.54, 1.807) is 23.3 Å². The molecule has 0 aromatic carbocycles. The summed E-state index contributed by atoms with van der Waals surface area (Å²) in [6.07, 6.45) is 8.14. The Bertz CT molecular complexity index is 481. The van der Waals surface area contributed by atoms with Crippen LogP contribution in [0.15, 0.2) is 30.9 Å². The Morgan fingerprint density at radius 1 is 1.35 bits per heavy atom. The minimum absolute atomic E-state index is 0.625. The Morgan fingerprint density at radius 3 is 2.94 bits per heavy atom. The number of pyridine rings is 1. The zero-order chi connectivity index (χ0) is 12.1. The van der Waals surface area contributed by atoms with Crippen molar-refractivity contribution in [3.05, 3.63) is 41.4 Å². The van der Waals surface area contributed by atoms with E-state index < -0.39 is 0 Å². The molecule has 90 valence electrons. The predicted molar refractivity (Wildman–Crippen MR) is 68.4 cm³/mol. The van der Waals surface area contributed by atoms with Crippen LogP contribution in [-0.4, -0.2) is 21.3 Å². The van der Waals surface area contributed by atoms with Gasteiger partial charge in [-0.1, -0.05) is 18.5 Å². The van der Waals surface area contributed by atoms with Crippen molar-refractivity contribution in [2.75, 3.05) is 6.54 Å². The molecule has 0 spiro atoms. The first-order valence-corrected chi connectivity index (χ1v) is 6.02. The summed E-state index contributed by atoms with van der Waals surface area (Å²) in [6, 6.07) is 2.05. The second kappa shape index (κ2) is 5.80. The van der Waals surface area contributed by atoms with E-state index in [1.165, 1.54) is 0 Å². The highest BCUT2D eigenvalue weighted by Gasteiger charge is 2.01. The minimum atomic E-state index is 0.625. The molecule has 0 saturated carbocycles. The van der Waals surface area contributed by atoms with Gasteiger partial charge in [0.05, 0.1) is 23.1 Å². The van der Waals surface area contributed by atoms with Gasteiger partial charge < -0.3 is 5.32 Å². The van der Waals surface area contributed by atoms with Crippen molar-refractivity contribution in [3.8, 4) is 5.69 Å². The van der Waals surface area contributed by atoms with Crippen molar-refractivity contribution in [1.29, 1.82) is 0 Å². The SMILES string of the molecule is CCCNCc1cncc(-n2cc(Cl)cn2)c1. The Labute approximate surface area is 106 Å². The second-order valence-corrected chi connectivity index (χ2v) is 4.27. The van der Waals surface area contributed by atoms with Crippen LogP contribution in [0.4, 0.5) is 0 Å². The van der Waals surface area contributed by atoms with Crippen LogP contribution in [0.1, 0.15) is 18.9 Å². The normalized spacial score (nSPS) is 10.7. The van der Waals surface area contributed by atoms with Crippen LogP contribution in [0.5, 0.6) is 0 Å². The average Bonchev–Trinajstić information content (AvgIpc) is 2.77. The Hall–Kier alpha value is -1.39. The summed E-state index contributed by atoms with van der Waals surface area (Å²) in [6.45, 7) is 3.98. The van der Waals surface area contributed by atoms with E-state index in [1.807, 2.05) is 6.20 Å². The smallest absolute Gasteiger partial charge is 0.0832 e. The van der Waals surface area contributed by atoms with Gasteiger partial charge in [0.1, 0.15) is 0 Å². The molecule has 0 aliphatic rings. The fraction of sp³-hybridized carbons (Fsp3) is 0.333. The molecule has 0 bridgehead atoms. The number of rotatable bonds is 5. The van der Waals surface area contributed by atoms with E-state index in [0.717, 1.165) is 30.8 Å². The van der Waals surface area contributed by atoms with E-state index in [4.69, 9.17) is 11.6 Å². The molecule has 1 N–H and O–H groups in total. The first-order chi connectivity index (χ1) is 8.29. The molecule has 17 heavy (non-hydrogen) atoms. The summed E-state index contributed by atoms with van der Waals surface area (Å²) in [5.74, 6) is 0. The largest absolute Gasteiger partial charge is 0.313 e. The Balaban J connectivity index is 2.11. The van der Waals surface area contributed by atoms with Gasteiger partial charge in [0.2, 0.25) is 0 Å². The molecule has 0 amide bonds. The van der Waals surface area contributed by atoms with Crippen molar-refractivity contribution >= 4 is 11.6 Å². The maximum Gasteiger partial charge on any atom is 0.0832 e. The van der Waals surface area contributed by atoms with Crippen LogP contribution >= 0.6 is 11.6 Å². The lowest BCUT2D eigenvalue weighted by molar-refractivity contribution is 0.673. The highest BCUT2D eigenvalue weighted by Crippen LogP contribution is 2.12. The fourth-order valence-electron chi connectivity index (χ4n) is 1.55. The van der Waals surface area contributed by atoms with Gasteiger partial charge in [-0.15, -0.1) is 0 Å². The summed E-state index contributed by atoms with van der Waals surface area (Å²) in [4.78, 5) is 4.21. The zero-order valence-electron chi connectivity index (χ0n) is 9.73. The molecule has 4 nitrogen and oxygen atoms in total. The molecular formula is C12H15ClN4. The van der Waals surface area contributed by atoms with Gasteiger partial charge in [0.25, 0.3) is 0 Å². The van der Waals surface area contributed by atoms with Crippen molar-refractivity contribution < 1.29 is 0 Å². The van der Waals surface area contributed by atoms with Gasteiger partial charge in [0.15, 0.2) is 0 Å². The van der Waals surface area contributed by atoms with Crippen molar-refractivity contribution in [1.82, 2.24) is 20.1 Å². The van der Waals surface area contributed by atoms with Crippen molar-refractivity contribution in [3.63, 3.8) is 0 Å². The van der Waals surface area contributed by atoms with E-state index in [0.29, 0.717) is 5.02 Å². The topological polar surface area (TPSA) is 42.7 Å². The maximum atomic E-state index is 5.84. The molecule has 0 fully saturated rings. The number of aromatic nitrogens is 3. The standard InChI is InChI=1S/C12H15ClN4/c1-2-3-14-5-10-4-12(8-15-6-10)17-9-11(13)7-16-17/h4,6-9,14H,2-3,5H2,1H3. The fourth-order valence-corrected chi connectivity index (χ4v) is 1.68. The minimum Gasteiger partial charge on any atom is -0.313 e. The summed E-state index contributed by atoms with van der Waals surface area (Å²) in [7, 11) is 0. The summed E-state index contributed by atoms with van der Waals surface area (Å²) in [5, 5.41) is 8.11. The third kappa shape index (κ3) is 3.28. The monoisotopic (exact) mass is 250 g/mol. The average molecular weight is 251 g/mol. The van der Waals surface area contributed by atoms with Gasteiger partial charge in [0, 0.05) is 18.9 Å². The van der Waals surface area contributed by atoms with Crippen LogP contribution in [-0.2, 0) is 6.54 Å². The molecule has 0 atom stereocenters. The van der Waals surface area contributed by atoms with Crippen LogP contribution in [0.2, 0.25) is 5.02 Å². The lowest BCUT2D eigenvalue weighted by Gasteiger charge is -2.05. The highest BCUT2D eigenvalue weighted by molar-refractivity contribution is 6.30. The summed E-state index contributed by atoms with van der Waals surface area (Å²) >= 11 is 5.84. The number of nitrogens with zero attached hydrogens (tertiary/aromatic N) is 3. The third-order valence-electron chi connectivity index (χ3n) is 2.35. The summed E-state index contributed by atoms with van der Waals surface area (Å²) in [5.41, 5.74) is 2.07. The first-order valence-electron chi connectivity index (χ1n) is 5.65. The lowest BCUT2D eigenvalue weighted by Crippen LogP contribution is -2.14.